The van der Waals surface area contributed by atoms with Crippen LogP contribution in [-0.4, -0.2) is 54.9 Å². The Labute approximate surface area is 249 Å². The van der Waals surface area contributed by atoms with E-state index in [0.29, 0.717) is 17.9 Å². The van der Waals surface area contributed by atoms with Crippen LogP contribution < -0.4 is 4.74 Å². The Hall–Kier alpha value is -4.13. The van der Waals surface area contributed by atoms with E-state index in [-0.39, 0.29) is 42.8 Å². The summed E-state index contributed by atoms with van der Waals surface area (Å²) in [6.07, 6.45) is -0.0482. The molecule has 0 aliphatic carbocycles. The lowest BCUT2D eigenvalue weighted by molar-refractivity contribution is -0.137. The Bertz CT molecular complexity index is 1800. The first kappa shape index (κ1) is 29.4. The second kappa shape index (κ2) is 12.4. The molecular formula is C33H31NO6S2. The number of carboxylic acid groups (broad SMARTS) is 1. The van der Waals surface area contributed by atoms with Gasteiger partial charge in [0.05, 0.1) is 23.8 Å². The fourth-order valence-electron chi connectivity index (χ4n) is 5.14. The largest absolute Gasteiger partial charge is 0.489 e. The Balaban J connectivity index is 1.30. The number of hydrogen-bond acceptors (Lipinski definition) is 6. The Morgan fingerprint density at radius 3 is 2.43 bits per heavy atom. The summed E-state index contributed by atoms with van der Waals surface area (Å²) in [7, 11) is -3.06. The lowest BCUT2D eigenvalue weighted by atomic mass is 9.96. The molecule has 1 unspecified atom stereocenters. The SMILES string of the molecule is CC#CC(CC(=O)O)c1ccc(OCc2ccc3scc(-c4ccc(C(=O)N5CCS(=O)(=O)CC5)cc4C)c3c2)cc1. The molecule has 216 valence electrons. The molecule has 1 aromatic heterocycles. The van der Waals surface area contributed by atoms with Crippen molar-refractivity contribution in [3.8, 4) is 28.7 Å². The van der Waals surface area contributed by atoms with E-state index in [1.165, 1.54) is 0 Å². The third-order valence-electron chi connectivity index (χ3n) is 7.42. The number of nitrogens with zero attached hydrogens (tertiary/aromatic N) is 1. The summed E-state index contributed by atoms with van der Waals surface area (Å²) in [6, 6.07) is 19.3. The highest BCUT2D eigenvalue weighted by molar-refractivity contribution is 7.91. The van der Waals surface area contributed by atoms with E-state index >= 15 is 0 Å². The molecule has 9 heteroatoms. The third-order valence-corrected chi connectivity index (χ3v) is 9.99. The highest BCUT2D eigenvalue weighted by Crippen LogP contribution is 2.37. The second-order valence-corrected chi connectivity index (χ2v) is 13.6. The molecule has 7 nitrogen and oxygen atoms in total. The van der Waals surface area contributed by atoms with Crippen molar-refractivity contribution in [1.82, 2.24) is 4.90 Å². The van der Waals surface area contributed by atoms with E-state index in [9.17, 15) is 23.1 Å². The van der Waals surface area contributed by atoms with Crippen molar-refractivity contribution in [2.24, 2.45) is 0 Å². The van der Waals surface area contributed by atoms with Gasteiger partial charge in [-0.1, -0.05) is 30.2 Å². The molecule has 2 heterocycles. The summed E-state index contributed by atoms with van der Waals surface area (Å²) < 4.78 is 30.7. The van der Waals surface area contributed by atoms with Gasteiger partial charge in [-0.05, 0) is 77.9 Å². The van der Waals surface area contributed by atoms with Crippen LogP contribution in [0, 0.1) is 18.8 Å². The lowest BCUT2D eigenvalue weighted by Gasteiger charge is -2.27. The van der Waals surface area contributed by atoms with Crippen LogP contribution in [0.15, 0.2) is 66.0 Å². The molecule has 1 N–H and O–H groups in total. The minimum atomic E-state index is -3.06. The smallest absolute Gasteiger partial charge is 0.304 e. The zero-order valence-electron chi connectivity index (χ0n) is 23.4. The van der Waals surface area contributed by atoms with E-state index in [2.05, 4.69) is 29.4 Å². The van der Waals surface area contributed by atoms with Crippen LogP contribution in [0.5, 0.6) is 5.75 Å². The van der Waals surface area contributed by atoms with Crippen LogP contribution in [-0.2, 0) is 21.2 Å². The summed E-state index contributed by atoms with van der Waals surface area (Å²) in [5, 5.41) is 12.4. The van der Waals surface area contributed by atoms with Gasteiger partial charge in [0.1, 0.15) is 12.4 Å². The van der Waals surface area contributed by atoms with Crippen molar-refractivity contribution in [2.75, 3.05) is 24.6 Å². The van der Waals surface area contributed by atoms with Gasteiger partial charge < -0.3 is 14.7 Å². The van der Waals surface area contributed by atoms with Gasteiger partial charge in [0, 0.05) is 34.3 Å². The fourth-order valence-corrected chi connectivity index (χ4v) is 7.28. The van der Waals surface area contributed by atoms with Crippen molar-refractivity contribution >= 4 is 43.1 Å². The average Bonchev–Trinajstić information content (AvgIpc) is 3.38. The molecule has 1 aliphatic heterocycles. The molecule has 0 spiro atoms. The standard InChI is InChI=1S/C33H31NO6S2/c1-3-4-25(19-32(35)36)24-6-9-27(10-7-24)40-20-23-5-12-31-29(18-23)30(21-41-31)28-11-8-26(17-22(28)2)33(37)34-13-15-42(38,39)16-14-34/h5-12,17-18,21,25H,13-16,19-20H2,1-2H3,(H,35,36). The van der Waals surface area contributed by atoms with Gasteiger partial charge in [-0.3, -0.25) is 9.59 Å². The number of benzene rings is 3. The van der Waals surface area contributed by atoms with Crippen LogP contribution in [0.3, 0.4) is 0 Å². The van der Waals surface area contributed by atoms with Gasteiger partial charge in [0.2, 0.25) is 0 Å². The number of rotatable bonds is 8. The lowest BCUT2D eigenvalue weighted by Crippen LogP contribution is -2.43. The van der Waals surface area contributed by atoms with E-state index < -0.39 is 15.8 Å². The number of aryl methyl sites for hydroxylation is 1. The highest BCUT2D eigenvalue weighted by Gasteiger charge is 2.26. The Morgan fingerprint density at radius 1 is 1.02 bits per heavy atom. The third kappa shape index (κ3) is 6.67. The minimum Gasteiger partial charge on any atom is -0.489 e. The summed E-state index contributed by atoms with van der Waals surface area (Å²) in [6.45, 7) is 4.51. The van der Waals surface area contributed by atoms with Crippen molar-refractivity contribution < 1.29 is 27.9 Å². The molecule has 0 bridgehead atoms. The molecule has 1 amide bonds. The summed E-state index contributed by atoms with van der Waals surface area (Å²) in [5.41, 5.74) is 5.51. The molecule has 0 radical (unpaired) electrons. The first-order valence-electron chi connectivity index (χ1n) is 13.6. The first-order chi connectivity index (χ1) is 20.1. The van der Waals surface area contributed by atoms with E-state index in [0.717, 1.165) is 37.9 Å². The van der Waals surface area contributed by atoms with Crippen LogP contribution in [0.2, 0.25) is 0 Å². The predicted molar refractivity (Wildman–Crippen MR) is 166 cm³/mol. The van der Waals surface area contributed by atoms with Gasteiger partial charge in [-0.2, -0.15) is 0 Å². The van der Waals surface area contributed by atoms with Gasteiger partial charge >= 0.3 is 5.97 Å². The number of carbonyl (C=O) groups is 2. The summed E-state index contributed by atoms with van der Waals surface area (Å²) in [4.78, 5) is 25.8. The number of ether oxygens (including phenoxy) is 1. The predicted octanol–water partition coefficient (Wildman–Crippen LogP) is 5.91. The number of thiophene rings is 1. The molecule has 3 aromatic carbocycles. The first-order valence-corrected chi connectivity index (χ1v) is 16.3. The van der Waals surface area contributed by atoms with Crippen molar-refractivity contribution in [1.29, 1.82) is 0 Å². The summed E-state index contributed by atoms with van der Waals surface area (Å²) in [5.74, 6) is 5.09. The molecule has 42 heavy (non-hydrogen) atoms. The molecule has 1 aliphatic rings. The number of sulfone groups is 1. The number of hydrogen-bond donors (Lipinski definition) is 1. The van der Waals surface area contributed by atoms with E-state index in [1.54, 1.807) is 23.2 Å². The number of aliphatic carboxylic acids is 1. The molecule has 5 rings (SSSR count). The van der Waals surface area contributed by atoms with Crippen molar-refractivity contribution in [2.45, 2.75) is 32.8 Å². The molecule has 4 aromatic rings. The Kier molecular flexibility index (Phi) is 8.66. The topological polar surface area (TPSA) is 101 Å². The maximum absolute atomic E-state index is 13.0. The maximum atomic E-state index is 13.0. The quantitative estimate of drug-likeness (QED) is 0.252. The van der Waals surface area contributed by atoms with Crippen LogP contribution in [0.1, 0.15) is 46.3 Å². The number of amides is 1. The maximum Gasteiger partial charge on any atom is 0.304 e. The molecular weight excluding hydrogens is 570 g/mol. The molecule has 0 saturated carbocycles. The van der Waals surface area contributed by atoms with Gasteiger partial charge in [0.25, 0.3) is 5.91 Å². The zero-order chi connectivity index (χ0) is 29.9. The second-order valence-electron chi connectivity index (χ2n) is 10.4. The van der Waals surface area contributed by atoms with Crippen LogP contribution >= 0.6 is 11.3 Å². The average molecular weight is 602 g/mol. The highest BCUT2D eigenvalue weighted by atomic mass is 32.2. The summed E-state index contributed by atoms with van der Waals surface area (Å²) >= 11 is 1.66. The number of carbonyl (C=O) groups excluding carboxylic acids is 1. The van der Waals surface area contributed by atoms with E-state index in [4.69, 9.17) is 4.74 Å². The van der Waals surface area contributed by atoms with Gasteiger partial charge in [-0.15, -0.1) is 17.3 Å². The van der Waals surface area contributed by atoms with Crippen molar-refractivity contribution in [3.05, 3.63) is 88.3 Å². The van der Waals surface area contributed by atoms with E-state index in [1.807, 2.05) is 55.5 Å². The number of carboxylic acids is 1. The van der Waals surface area contributed by atoms with Crippen LogP contribution in [0.4, 0.5) is 0 Å². The van der Waals surface area contributed by atoms with Crippen molar-refractivity contribution in [3.63, 3.8) is 0 Å². The minimum absolute atomic E-state index is 0.00939. The number of fused-ring (bicyclic) bond motifs is 1. The molecule has 1 atom stereocenters. The van der Waals surface area contributed by atoms with Gasteiger partial charge in [0.15, 0.2) is 9.84 Å². The van der Waals surface area contributed by atoms with Gasteiger partial charge in [-0.25, -0.2) is 8.42 Å². The normalized spacial score (nSPS) is 15.0. The monoisotopic (exact) mass is 601 g/mol. The molecule has 1 fully saturated rings. The Morgan fingerprint density at radius 2 is 1.76 bits per heavy atom. The fraction of sp³-hybridized carbons (Fsp3) is 0.273. The molecule has 1 saturated heterocycles. The zero-order valence-corrected chi connectivity index (χ0v) is 25.1. The van der Waals surface area contributed by atoms with Crippen LogP contribution in [0.25, 0.3) is 21.2 Å².